The van der Waals surface area contributed by atoms with Crippen molar-refractivity contribution in [2.75, 3.05) is 25.1 Å². The van der Waals surface area contributed by atoms with Gasteiger partial charge in [-0.25, -0.2) is 4.79 Å². The van der Waals surface area contributed by atoms with Gasteiger partial charge in [0.05, 0.1) is 6.54 Å². The number of aryl methyl sites for hydroxylation is 2. The Morgan fingerprint density at radius 1 is 0.862 bits per heavy atom. The maximum absolute atomic E-state index is 12.0. The van der Waals surface area contributed by atoms with Crippen LogP contribution >= 0.6 is 0 Å². The Bertz CT molecular complexity index is 833. The van der Waals surface area contributed by atoms with E-state index in [1.165, 1.54) is 5.56 Å². The molecule has 2 aromatic rings. The zero-order valence-corrected chi connectivity index (χ0v) is 16.7. The van der Waals surface area contributed by atoms with Crippen molar-refractivity contribution in [2.24, 2.45) is 0 Å². The minimum Gasteiger partial charge on any atom is -0.482 e. The summed E-state index contributed by atoms with van der Waals surface area (Å²) in [6.07, 6.45) is 1.70. The number of benzene rings is 2. The van der Waals surface area contributed by atoms with Crippen LogP contribution in [-0.4, -0.2) is 37.5 Å². The molecule has 0 atom stereocenters. The van der Waals surface area contributed by atoms with Gasteiger partial charge in [-0.15, -0.1) is 0 Å². The van der Waals surface area contributed by atoms with E-state index in [1.54, 1.807) is 18.2 Å². The minimum absolute atomic E-state index is 0.214. The molecule has 0 saturated heterocycles. The highest BCUT2D eigenvalue weighted by Gasteiger charge is 2.11. The van der Waals surface area contributed by atoms with Crippen LogP contribution in [0, 0.1) is 0 Å². The van der Waals surface area contributed by atoms with Crippen molar-refractivity contribution in [2.45, 2.75) is 26.7 Å². The Hall–Kier alpha value is -3.35. The highest BCUT2D eigenvalue weighted by atomic mass is 16.6. The standard InChI is InChI=1S/C22H26N2O5/c1-3-16-9-11-18(12-10-16)28-15-22(27)29-14-21(26)23-13-20(25)24-19-8-6-5-7-17(19)4-2/h5-12H,3-4,13-15H2,1-2H3,(H,23,26)(H,24,25). The van der Waals surface area contributed by atoms with Gasteiger partial charge in [-0.1, -0.05) is 44.2 Å². The van der Waals surface area contributed by atoms with E-state index in [2.05, 4.69) is 10.6 Å². The van der Waals surface area contributed by atoms with Gasteiger partial charge < -0.3 is 20.1 Å². The zero-order valence-electron chi connectivity index (χ0n) is 16.7. The van der Waals surface area contributed by atoms with Crippen LogP contribution in [-0.2, 0) is 32.0 Å². The number of nitrogens with one attached hydrogen (secondary N) is 2. The fourth-order valence-corrected chi connectivity index (χ4v) is 2.53. The summed E-state index contributed by atoms with van der Waals surface area (Å²) in [5, 5.41) is 5.16. The molecule has 0 unspecified atom stereocenters. The Morgan fingerprint density at radius 2 is 1.59 bits per heavy atom. The Balaban J connectivity index is 1.65. The molecule has 0 spiro atoms. The van der Waals surface area contributed by atoms with E-state index in [0.29, 0.717) is 11.4 Å². The molecule has 0 saturated carbocycles. The summed E-state index contributed by atoms with van der Waals surface area (Å²) in [5.41, 5.74) is 2.88. The van der Waals surface area contributed by atoms with Crippen LogP contribution in [0.4, 0.5) is 5.69 Å². The first-order chi connectivity index (χ1) is 14.0. The maximum Gasteiger partial charge on any atom is 0.344 e. The summed E-state index contributed by atoms with van der Waals surface area (Å²) in [6.45, 7) is 3.05. The van der Waals surface area contributed by atoms with Crippen LogP contribution in [0.15, 0.2) is 48.5 Å². The molecule has 2 amide bonds. The minimum atomic E-state index is -0.666. The molecule has 2 N–H and O–H groups in total. The second-order valence-corrected chi connectivity index (χ2v) is 6.28. The highest BCUT2D eigenvalue weighted by Crippen LogP contribution is 2.15. The summed E-state index contributed by atoms with van der Waals surface area (Å²) in [7, 11) is 0. The molecule has 0 aliphatic rings. The van der Waals surface area contributed by atoms with Gasteiger partial charge in [-0.3, -0.25) is 9.59 Å². The van der Waals surface area contributed by atoms with Crippen LogP contribution < -0.4 is 15.4 Å². The van der Waals surface area contributed by atoms with E-state index in [0.717, 1.165) is 18.4 Å². The first-order valence-electron chi connectivity index (χ1n) is 9.53. The van der Waals surface area contributed by atoms with Crippen molar-refractivity contribution in [3.05, 3.63) is 59.7 Å². The monoisotopic (exact) mass is 398 g/mol. The predicted molar refractivity (Wildman–Crippen MR) is 110 cm³/mol. The lowest BCUT2D eigenvalue weighted by Crippen LogP contribution is -2.36. The van der Waals surface area contributed by atoms with Crippen molar-refractivity contribution < 1.29 is 23.9 Å². The lowest BCUT2D eigenvalue weighted by atomic mass is 10.1. The third kappa shape index (κ3) is 7.65. The van der Waals surface area contributed by atoms with Crippen LogP contribution in [0.25, 0.3) is 0 Å². The van der Waals surface area contributed by atoms with Crippen molar-refractivity contribution in [3.63, 3.8) is 0 Å². The van der Waals surface area contributed by atoms with Gasteiger partial charge in [0, 0.05) is 5.69 Å². The lowest BCUT2D eigenvalue weighted by molar-refractivity contribution is -0.150. The van der Waals surface area contributed by atoms with Gasteiger partial charge >= 0.3 is 5.97 Å². The average molecular weight is 398 g/mol. The molecule has 7 nitrogen and oxygen atoms in total. The molecule has 0 fully saturated rings. The zero-order chi connectivity index (χ0) is 21.1. The molecule has 0 aromatic heterocycles. The van der Waals surface area contributed by atoms with E-state index in [-0.39, 0.29) is 19.1 Å². The quantitative estimate of drug-likeness (QED) is 0.600. The van der Waals surface area contributed by atoms with Crippen LogP contribution in [0.1, 0.15) is 25.0 Å². The number of ether oxygens (including phenoxy) is 2. The predicted octanol–water partition coefficient (Wildman–Crippen LogP) is 2.49. The number of hydrogen-bond acceptors (Lipinski definition) is 5. The van der Waals surface area contributed by atoms with Crippen molar-refractivity contribution in [1.82, 2.24) is 5.32 Å². The van der Waals surface area contributed by atoms with Crippen LogP contribution in [0.2, 0.25) is 0 Å². The van der Waals surface area contributed by atoms with Crippen molar-refractivity contribution in [3.8, 4) is 5.75 Å². The number of anilines is 1. The second-order valence-electron chi connectivity index (χ2n) is 6.28. The van der Waals surface area contributed by atoms with Crippen LogP contribution in [0.5, 0.6) is 5.75 Å². The topological polar surface area (TPSA) is 93.7 Å². The number of rotatable bonds is 10. The smallest absolute Gasteiger partial charge is 0.344 e. The number of amides is 2. The molecule has 2 rings (SSSR count). The largest absolute Gasteiger partial charge is 0.482 e. The first kappa shape index (κ1) is 21.9. The first-order valence-corrected chi connectivity index (χ1v) is 9.53. The summed E-state index contributed by atoms with van der Waals surface area (Å²) in [4.78, 5) is 35.4. The van der Waals surface area contributed by atoms with Gasteiger partial charge in [-0.05, 0) is 42.2 Å². The number of carbonyl (C=O) groups excluding carboxylic acids is 3. The number of esters is 1. The van der Waals surface area contributed by atoms with Crippen molar-refractivity contribution in [1.29, 1.82) is 0 Å². The van der Waals surface area contributed by atoms with Gasteiger partial charge in [0.15, 0.2) is 13.2 Å². The normalized spacial score (nSPS) is 10.1. The summed E-state index contributed by atoms with van der Waals surface area (Å²) in [5.74, 6) is -1.04. The molecule has 2 aromatic carbocycles. The maximum atomic E-state index is 12.0. The third-order valence-corrected chi connectivity index (χ3v) is 4.17. The summed E-state index contributed by atoms with van der Waals surface area (Å²) in [6, 6.07) is 14.8. The van der Waals surface area contributed by atoms with Gasteiger partial charge in [0.1, 0.15) is 5.75 Å². The highest BCUT2D eigenvalue weighted by molar-refractivity contribution is 5.95. The lowest BCUT2D eigenvalue weighted by Gasteiger charge is -2.10. The van der Waals surface area contributed by atoms with E-state index in [4.69, 9.17) is 9.47 Å². The van der Waals surface area contributed by atoms with Gasteiger partial charge in [-0.2, -0.15) is 0 Å². The van der Waals surface area contributed by atoms with E-state index >= 15 is 0 Å². The van der Waals surface area contributed by atoms with Gasteiger partial charge in [0.25, 0.3) is 5.91 Å². The van der Waals surface area contributed by atoms with Crippen molar-refractivity contribution >= 4 is 23.5 Å². The number of para-hydroxylation sites is 1. The molecule has 0 aliphatic carbocycles. The average Bonchev–Trinajstić information content (AvgIpc) is 2.75. The van der Waals surface area contributed by atoms with E-state index in [9.17, 15) is 14.4 Å². The Labute approximate surface area is 170 Å². The summed E-state index contributed by atoms with van der Waals surface area (Å²) < 4.78 is 10.2. The summed E-state index contributed by atoms with van der Waals surface area (Å²) >= 11 is 0. The molecule has 0 heterocycles. The Kier molecular flexibility index (Phi) is 8.69. The van der Waals surface area contributed by atoms with Gasteiger partial charge in [0.2, 0.25) is 5.91 Å². The van der Waals surface area contributed by atoms with E-state index < -0.39 is 18.5 Å². The van der Waals surface area contributed by atoms with E-state index in [1.807, 2.05) is 44.2 Å². The molecular weight excluding hydrogens is 372 g/mol. The molecule has 154 valence electrons. The number of hydrogen-bond donors (Lipinski definition) is 2. The second kappa shape index (κ2) is 11.5. The fourth-order valence-electron chi connectivity index (χ4n) is 2.53. The fraction of sp³-hybridized carbons (Fsp3) is 0.318. The Morgan fingerprint density at radius 3 is 2.28 bits per heavy atom. The number of carbonyl (C=O) groups is 3. The molecule has 0 aliphatic heterocycles. The SMILES string of the molecule is CCc1ccc(OCC(=O)OCC(=O)NCC(=O)Nc2ccccc2CC)cc1. The molecule has 0 bridgehead atoms. The molecule has 7 heteroatoms. The molecule has 29 heavy (non-hydrogen) atoms. The molecular formula is C22H26N2O5. The molecule has 0 radical (unpaired) electrons. The van der Waals surface area contributed by atoms with Crippen LogP contribution in [0.3, 0.4) is 0 Å². The third-order valence-electron chi connectivity index (χ3n) is 4.17.